The third-order valence-electron chi connectivity index (χ3n) is 4.46. The van der Waals surface area contributed by atoms with Gasteiger partial charge in [-0.2, -0.15) is 0 Å². The average Bonchev–Trinajstić information content (AvgIpc) is 2.66. The summed E-state index contributed by atoms with van der Waals surface area (Å²) in [7, 11) is 0. The van der Waals surface area contributed by atoms with Gasteiger partial charge in [-0.25, -0.2) is 18.0 Å². The molecule has 0 saturated carbocycles. The minimum absolute atomic E-state index is 0.0635. The highest BCUT2D eigenvalue weighted by molar-refractivity contribution is 5.68. The molecule has 0 fully saturated rings. The molecule has 0 aliphatic rings. The zero-order valence-electron chi connectivity index (χ0n) is 15.7. The lowest BCUT2D eigenvalue weighted by Gasteiger charge is -2.12. The van der Waals surface area contributed by atoms with Crippen LogP contribution in [0.1, 0.15) is 16.7 Å². The Hall–Kier alpha value is -3.28. The lowest BCUT2D eigenvalue weighted by Crippen LogP contribution is -2.11. The fourth-order valence-corrected chi connectivity index (χ4v) is 3.17. The normalized spacial score (nSPS) is 10.8. The van der Waals surface area contributed by atoms with E-state index in [1.54, 1.807) is 12.1 Å². The quantitative estimate of drug-likeness (QED) is 0.583. The number of carboxylic acid groups (broad SMARTS) is 1. The molecule has 0 amide bonds. The first-order valence-electron chi connectivity index (χ1n) is 9.01. The van der Waals surface area contributed by atoms with Crippen LogP contribution in [0.4, 0.5) is 13.2 Å². The van der Waals surface area contributed by atoms with Crippen LogP contribution in [0.15, 0.2) is 54.6 Å². The molecular weight excluding hydrogens is 381 g/mol. The van der Waals surface area contributed by atoms with Gasteiger partial charge in [0.2, 0.25) is 0 Å². The van der Waals surface area contributed by atoms with Crippen LogP contribution in [0.5, 0.6) is 5.75 Å². The Kier molecular flexibility index (Phi) is 6.22. The molecular formula is C23H19F3O3. The maximum absolute atomic E-state index is 14.6. The molecule has 0 bridgehead atoms. The molecule has 3 aromatic carbocycles. The Morgan fingerprint density at radius 3 is 2.48 bits per heavy atom. The number of benzene rings is 3. The number of ether oxygens (including phenoxy) is 1. The Labute approximate surface area is 166 Å². The van der Waals surface area contributed by atoms with Gasteiger partial charge in [-0.3, -0.25) is 0 Å². The summed E-state index contributed by atoms with van der Waals surface area (Å²) in [6.07, 6.45) is 0.411. The minimum Gasteiger partial charge on any atom is -0.479 e. The van der Waals surface area contributed by atoms with Crippen molar-refractivity contribution in [3.05, 3.63) is 88.7 Å². The lowest BCUT2D eigenvalue weighted by atomic mass is 9.96. The predicted molar refractivity (Wildman–Crippen MR) is 103 cm³/mol. The summed E-state index contributed by atoms with van der Waals surface area (Å²) >= 11 is 0. The third-order valence-corrected chi connectivity index (χ3v) is 4.46. The molecule has 0 radical (unpaired) electrons. The molecule has 3 nitrogen and oxygen atoms in total. The number of aryl methyl sites for hydroxylation is 2. The average molecular weight is 400 g/mol. The van der Waals surface area contributed by atoms with E-state index < -0.39 is 24.2 Å². The number of hydrogen-bond acceptors (Lipinski definition) is 2. The van der Waals surface area contributed by atoms with Crippen LogP contribution >= 0.6 is 0 Å². The number of rotatable bonds is 7. The summed E-state index contributed by atoms with van der Waals surface area (Å²) in [5.74, 6) is -3.51. The second-order valence-electron chi connectivity index (χ2n) is 6.74. The highest BCUT2D eigenvalue weighted by Gasteiger charge is 2.16. The van der Waals surface area contributed by atoms with Gasteiger partial charge < -0.3 is 9.84 Å². The largest absolute Gasteiger partial charge is 0.479 e. The first-order valence-corrected chi connectivity index (χ1v) is 9.01. The van der Waals surface area contributed by atoms with Gasteiger partial charge in [-0.1, -0.05) is 35.9 Å². The minimum atomic E-state index is -1.25. The van der Waals surface area contributed by atoms with Gasteiger partial charge in [0, 0.05) is 5.56 Å². The van der Waals surface area contributed by atoms with E-state index in [-0.39, 0.29) is 23.6 Å². The van der Waals surface area contributed by atoms with E-state index in [1.165, 1.54) is 12.1 Å². The summed E-state index contributed by atoms with van der Waals surface area (Å²) in [6, 6.07) is 14.0. The van der Waals surface area contributed by atoms with Crippen LogP contribution in [0.3, 0.4) is 0 Å². The maximum atomic E-state index is 14.6. The van der Waals surface area contributed by atoms with Crippen molar-refractivity contribution < 1.29 is 27.8 Å². The molecule has 0 saturated heterocycles. The molecule has 0 unspecified atom stereocenters. The molecule has 0 atom stereocenters. The first kappa shape index (κ1) is 20.5. The van der Waals surface area contributed by atoms with Gasteiger partial charge in [-0.15, -0.1) is 0 Å². The SMILES string of the molecule is Cc1cc(CCc2c(F)ccc(OCC(=O)O)c2F)cc(-c2cccc(F)c2)c1. The van der Waals surface area contributed by atoms with Gasteiger partial charge >= 0.3 is 5.97 Å². The monoisotopic (exact) mass is 400 g/mol. The molecule has 6 heteroatoms. The molecule has 29 heavy (non-hydrogen) atoms. The smallest absolute Gasteiger partial charge is 0.341 e. The standard InChI is InChI=1S/C23H19F3O3/c1-14-9-15(11-17(10-14)16-3-2-4-18(24)12-16)5-6-19-20(25)7-8-21(23(19)26)29-13-22(27)28/h2-4,7-12H,5-6,13H2,1H3,(H,27,28). The van der Waals surface area contributed by atoms with Crippen molar-refractivity contribution in [2.75, 3.05) is 6.61 Å². The summed E-state index contributed by atoms with van der Waals surface area (Å²) in [4.78, 5) is 10.6. The number of carbonyl (C=O) groups is 1. The van der Waals surface area contributed by atoms with E-state index in [1.807, 2.05) is 25.1 Å². The zero-order chi connectivity index (χ0) is 21.0. The third kappa shape index (κ3) is 5.16. The molecule has 0 aliphatic heterocycles. The predicted octanol–water partition coefficient (Wildman–Crippen LogP) is 5.33. The first-order chi connectivity index (χ1) is 13.8. The van der Waals surface area contributed by atoms with E-state index in [9.17, 15) is 18.0 Å². The van der Waals surface area contributed by atoms with Crippen molar-refractivity contribution in [1.82, 2.24) is 0 Å². The van der Waals surface area contributed by atoms with Crippen molar-refractivity contribution in [1.29, 1.82) is 0 Å². The molecule has 0 spiro atoms. The molecule has 3 rings (SSSR count). The summed E-state index contributed by atoms with van der Waals surface area (Å²) in [5.41, 5.74) is 3.17. The van der Waals surface area contributed by atoms with Gasteiger partial charge in [-0.05, 0) is 60.7 Å². The van der Waals surface area contributed by atoms with Crippen molar-refractivity contribution >= 4 is 5.97 Å². The summed E-state index contributed by atoms with van der Waals surface area (Å²) in [5, 5.41) is 8.66. The van der Waals surface area contributed by atoms with Gasteiger partial charge in [0.15, 0.2) is 18.2 Å². The molecule has 3 aromatic rings. The molecule has 150 valence electrons. The van der Waals surface area contributed by atoms with Crippen LogP contribution in [-0.2, 0) is 17.6 Å². The Morgan fingerprint density at radius 2 is 1.76 bits per heavy atom. The second kappa shape index (κ2) is 8.82. The molecule has 0 aliphatic carbocycles. The van der Waals surface area contributed by atoms with Gasteiger partial charge in [0.05, 0.1) is 0 Å². The maximum Gasteiger partial charge on any atom is 0.341 e. The van der Waals surface area contributed by atoms with Crippen molar-refractivity contribution in [3.8, 4) is 16.9 Å². The van der Waals surface area contributed by atoms with Crippen molar-refractivity contribution in [2.45, 2.75) is 19.8 Å². The molecule has 1 N–H and O–H groups in total. The molecule has 0 heterocycles. The topological polar surface area (TPSA) is 46.5 Å². The zero-order valence-corrected chi connectivity index (χ0v) is 15.7. The summed E-state index contributed by atoms with van der Waals surface area (Å²) in [6.45, 7) is 1.19. The van der Waals surface area contributed by atoms with Crippen LogP contribution < -0.4 is 4.74 Å². The van der Waals surface area contributed by atoms with Crippen molar-refractivity contribution in [2.24, 2.45) is 0 Å². The fourth-order valence-electron chi connectivity index (χ4n) is 3.17. The highest BCUT2D eigenvalue weighted by atomic mass is 19.1. The lowest BCUT2D eigenvalue weighted by molar-refractivity contribution is -0.139. The number of carboxylic acids is 1. The van der Waals surface area contributed by atoms with Crippen molar-refractivity contribution in [3.63, 3.8) is 0 Å². The summed E-state index contributed by atoms with van der Waals surface area (Å²) < 4.78 is 47.1. The van der Waals surface area contributed by atoms with Gasteiger partial charge in [0.1, 0.15) is 11.6 Å². The van der Waals surface area contributed by atoms with E-state index in [4.69, 9.17) is 9.84 Å². The van der Waals surface area contributed by atoms with E-state index in [0.717, 1.165) is 34.4 Å². The van der Waals surface area contributed by atoms with Crippen LogP contribution in [0.2, 0.25) is 0 Å². The molecule has 0 aromatic heterocycles. The van der Waals surface area contributed by atoms with E-state index >= 15 is 0 Å². The Bertz CT molecular complexity index is 1050. The fraction of sp³-hybridized carbons (Fsp3) is 0.174. The number of aliphatic carboxylic acids is 1. The number of hydrogen-bond donors (Lipinski definition) is 1. The van der Waals surface area contributed by atoms with Crippen LogP contribution in [-0.4, -0.2) is 17.7 Å². The van der Waals surface area contributed by atoms with Crippen LogP contribution in [0.25, 0.3) is 11.1 Å². The van der Waals surface area contributed by atoms with Crippen LogP contribution in [0, 0.1) is 24.4 Å². The van der Waals surface area contributed by atoms with Gasteiger partial charge in [0.25, 0.3) is 0 Å². The second-order valence-corrected chi connectivity index (χ2v) is 6.74. The Balaban J connectivity index is 1.83. The highest BCUT2D eigenvalue weighted by Crippen LogP contribution is 2.27. The Morgan fingerprint density at radius 1 is 0.966 bits per heavy atom. The van der Waals surface area contributed by atoms with E-state index in [2.05, 4.69) is 0 Å². The number of halogens is 3. The van der Waals surface area contributed by atoms with E-state index in [0.29, 0.717) is 6.42 Å².